The van der Waals surface area contributed by atoms with Crippen LogP contribution >= 0.6 is 0 Å². The molecule has 0 fully saturated rings. The molecule has 1 aromatic carbocycles. The number of aromatic nitrogens is 2. The molecule has 1 atom stereocenters. The van der Waals surface area contributed by atoms with Crippen LogP contribution in [0, 0.1) is 22.0 Å². The first-order valence-corrected chi connectivity index (χ1v) is 6.80. The minimum atomic E-state index is -0.492. The first-order valence-electron chi connectivity index (χ1n) is 6.80. The Bertz CT molecular complexity index is 724. The summed E-state index contributed by atoms with van der Waals surface area (Å²) in [6, 6.07) is 2.82. The third-order valence-electron chi connectivity index (χ3n) is 3.71. The number of anilines is 1. The van der Waals surface area contributed by atoms with Gasteiger partial charge in [-0.15, -0.1) is 0 Å². The Morgan fingerprint density at radius 1 is 1.38 bits per heavy atom. The van der Waals surface area contributed by atoms with E-state index in [1.165, 1.54) is 12.4 Å². The molecular formula is C14H18N4O3. The number of benzene rings is 1. The fraction of sp³-hybridized carbons (Fsp3) is 0.429. The molecule has 1 aromatic heterocycles. The van der Waals surface area contributed by atoms with Crippen LogP contribution in [0.15, 0.2) is 23.3 Å². The van der Waals surface area contributed by atoms with Crippen molar-refractivity contribution in [2.24, 2.45) is 11.8 Å². The Labute approximate surface area is 121 Å². The van der Waals surface area contributed by atoms with Crippen LogP contribution in [0.5, 0.6) is 0 Å². The van der Waals surface area contributed by atoms with Gasteiger partial charge >= 0.3 is 0 Å². The number of aromatic amines is 1. The second-order valence-electron chi connectivity index (χ2n) is 5.48. The Kier molecular flexibility index (Phi) is 4.21. The zero-order chi connectivity index (χ0) is 15.6. The van der Waals surface area contributed by atoms with Gasteiger partial charge in [0.25, 0.3) is 11.2 Å². The van der Waals surface area contributed by atoms with Crippen molar-refractivity contribution in [3.63, 3.8) is 0 Å². The highest BCUT2D eigenvalue weighted by Crippen LogP contribution is 2.28. The second kappa shape index (κ2) is 5.90. The number of nitrogens with one attached hydrogen (secondary N) is 2. The summed E-state index contributed by atoms with van der Waals surface area (Å²) in [6.07, 6.45) is 1.29. The minimum Gasteiger partial charge on any atom is -0.379 e. The summed E-state index contributed by atoms with van der Waals surface area (Å²) in [7, 11) is 0. The highest BCUT2D eigenvalue weighted by Gasteiger charge is 2.18. The van der Waals surface area contributed by atoms with E-state index < -0.39 is 4.92 Å². The summed E-state index contributed by atoms with van der Waals surface area (Å²) in [5.41, 5.74) is 0.323. The molecule has 1 unspecified atom stereocenters. The van der Waals surface area contributed by atoms with Crippen molar-refractivity contribution in [1.29, 1.82) is 0 Å². The third kappa shape index (κ3) is 3.18. The molecule has 0 aliphatic heterocycles. The normalized spacial score (nSPS) is 12.6. The fourth-order valence-corrected chi connectivity index (χ4v) is 1.90. The minimum absolute atomic E-state index is 0.114. The van der Waals surface area contributed by atoms with Crippen LogP contribution in [0.25, 0.3) is 10.9 Å². The lowest BCUT2D eigenvalue weighted by Gasteiger charge is -2.17. The van der Waals surface area contributed by atoms with Gasteiger partial charge in [-0.3, -0.25) is 14.9 Å². The first-order chi connectivity index (χ1) is 9.90. The van der Waals surface area contributed by atoms with Gasteiger partial charge in [0.15, 0.2) is 0 Å². The van der Waals surface area contributed by atoms with Crippen LogP contribution in [0.2, 0.25) is 0 Å². The topological polar surface area (TPSA) is 101 Å². The molecule has 0 bridgehead atoms. The molecule has 2 N–H and O–H groups in total. The molecule has 21 heavy (non-hydrogen) atoms. The molecule has 7 heteroatoms. The van der Waals surface area contributed by atoms with Gasteiger partial charge in [-0.25, -0.2) is 4.98 Å². The molecule has 0 saturated carbocycles. The Morgan fingerprint density at radius 3 is 2.71 bits per heavy atom. The summed E-state index contributed by atoms with van der Waals surface area (Å²) in [5.74, 6) is 0.838. The van der Waals surface area contributed by atoms with Gasteiger partial charge in [0, 0.05) is 12.6 Å². The number of rotatable bonds is 5. The van der Waals surface area contributed by atoms with E-state index in [0.717, 1.165) is 0 Å². The van der Waals surface area contributed by atoms with E-state index in [0.29, 0.717) is 29.6 Å². The maximum absolute atomic E-state index is 11.7. The lowest BCUT2D eigenvalue weighted by atomic mass is 9.98. The summed E-state index contributed by atoms with van der Waals surface area (Å²) < 4.78 is 0. The molecular weight excluding hydrogens is 272 g/mol. The molecule has 0 radical (unpaired) electrons. The highest BCUT2D eigenvalue weighted by atomic mass is 16.6. The van der Waals surface area contributed by atoms with E-state index in [4.69, 9.17) is 0 Å². The van der Waals surface area contributed by atoms with Crippen LogP contribution in [-0.2, 0) is 0 Å². The number of fused-ring (bicyclic) bond motifs is 1. The van der Waals surface area contributed by atoms with Crippen LogP contribution < -0.4 is 10.9 Å². The summed E-state index contributed by atoms with van der Waals surface area (Å²) in [6.45, 7) is 6.89. The molecule has 2 aromatic rings. The largest absolute Gasteiger partial charge is 0.379 e. The van der Waals surface area contributed by atoms with E-state index >= 15 is 0 Å². The molecule has 1 heterocycles. The van der Waals surface area contributed by atoms with Crippen molar-refractivity contribution in [2.45, 2.75) is 20.8 Å². The molecule has 7 nitrogen and oxygen atoms in total. The number of hydrogen-bond acceptors (Lipinski definition) is 5. The Hall–Kier alpha value is -2.44. The number of nitro benzene ring substituents is 1. The van der Waals surface area contributed by atoms with Gasteiger partial charge in [-0.05, 0) is 17.9 Å². The lowest BCUT2D eigenvalue weighted by molar-refractivity contribution is -0.383. The van der Waals surface area contributed by atoms with E-state index in [1.54, 1.807) is 6.07 Å². The van der Waals surface area contributed by atoms with E-state index in [1.807, 2.05) is 0 Å². The van der Waals surface area contributed by atoms with Gasteiger partial charge in [0.1, 0.15) is 5.69 Å². The standard InChI is InChI=1S/C14H18N4O3/c1-8(2)9(3)6-15-12-5-11-10(4-13(12)18(20)21)14(19)17-7-16-11/h4-5,7-9,15H,6H2,1-3H3,(H,16,17,19). The van der Waals surface area contributed by atoms with Gasteiger partial charge in [-0.2, -0.15) is 0 Å². The SMILES string of the molecule is CC(C)C(C)CNc1cc2nc[nH]c(=O)c2cc1[N+](=O)[O-]. The molecule has 2 rings (SSSR count). The lowest BCUT2D eigenvalue weighted by Crippen LogP contribution is -2.17. The van der Waals surface area contributed by atoms with Crippen LogP contribution in [0.4, 0.5) is 11.4 Å². The van der Waals surface area contributed by atoms with Gasteiger partial charge in [0.05, 0.1) is 22.2 Å². The van der Waals surface area contributed by atoms with Crippen molar-refractivity contribution >= 4 is 22.3 Å². The molecule has 0 amide bonds. The molecule has 0 aliphatic carbocycles. The molecule has 0 saturated heterocycles. The number of hydrogen-bond donors (Lipinski definition) is 2. The van der Waals surface area contributed by atoms with Crippen molar-refractivity contribution in [3.05, 3.63) is 38.9 Å². The van der Waals surface area contributed by atoms with Crippen LogP contribution in [0.1, 0.15) is 20.8 Å². The zero-order valence-electron chi connectivity index (χ0n) is 12.2. The van der Waals surface area contributed by atoms with Crippen LogP contribution in [0.3, 0.4) is 0 Å². The van der Waals surface area contributed by atoms with Crippen LogP contribution in [-0.4, -0.2) is 21.4 Å². The monoisotopic (exact) mass is 290 g/mol. The Morgan fingerprint density at radius 2 is 2.10 bits per heavy atom. The molecule has 0 aliphatic rings. The van der Waals surface area contributed by atoms with Gasteiger partial charge in [0.2, 0.25) is 0 Å². The first kappa shape index (κ1) is 15.0. The molecule has 112 valence electrons. The predicted molar refractivity (Wildman–Crippen MR) is 81.5 cm³/mol. The van der Waals surface area contributed by atoms with Crippen molar-refractivity contribution < 1.29 is 4.92 Å². The second-order valence-corrected chi connectivity index (χ2v) is 5.48. The smallest absolute Gasteiger partial charge is 0.293 e. The van der Waals surface area contributed by atoms with Crippen molar-refractivity contribution in [3.8, 4) is 0 Å². The predicted octanol–water partition coefficient (Wildman–Crippen LogP) is 2.54. The van der Waals surface area contributed by atoms with E-state index in [-0.39, 0.29) is 16.6 Å². The van der Waals surface area contributed by atoms with Crippen molar-refractivity contribution in [2.75, 3.05) is 11.9 Å². The average Bonchev–Trinajstić information content (AvgIpc) is 2.43. The maximum atomic E-state index is 11.7. The summed E-state index contributed by atoms with van der Waals surface area (Å²) in [4.78, 5) is 28.8. The quantitative estimate of drug-likeness (QED) is 0.651. The Balaban J connectivity index is 2.44. The number of nitrogens with zero attached hydrogens (tertiary/aromatic N) is 2. The maximum Gasteiger partial charge on any atom is 0.293 e. The molecule has 0 spiro atoms. The third-order valence-corrected chi connectivity index (χ3v) is 3.71. The summed E-state index contributed by atoms with van der Waals surface area (Å²) >= 11 is 0. The summed E-state index contributed by atoms with van der Waals surface area (Å²) in [5, 5.41) is 14.5. The number of nitro groups is 1. The average molecular weight is 290 g/mol. The van der Waals surface area contributed by atoms with E-state index in [2.05, 4.69) is 36.1 Å². The van der Waals surface area contributed by atoms with Gasteiger partial charge in [-0.1, -0.05) is 20.8 Å². The fourth-order valence-electron chi connectivity index (χ4n) is 1.90. The number of H-pyrrole nitrogens is 1. The highest BCUT2D eigenvalue weighted by molar-refractivity contribution is 5.86. The van der Waals surface area contributed by atoms with Gasteiger partial charge < -0.3 is 10.3 Å². The van der Waals surface area contributed by atoms with E-state index in [9.17, 15) is 14.9 Å². The van der Waals surface area contributed by atoms with Crippen molar-refractivity contribution in [1.82, 2.24) is 9.97 Å². The zero-order valence-corrected chi connectivity index (χ0v) is 12.2.